The van der Waals surface area contributed by atoms with Gasteiger partial charge in [0.05, 0.1) is 25.7 Å². The second-order valence-corrected chi connectivity index (χ2v) is 3.80. The summed E-state index contributed by atoms with van der Waals surface area (Å²) in [6.07, 6.45) is -1.29. The van der Waals surface area contributed by atoms with Gasteiger partial charge in [-0.25, -0.2) is 9.78 Å². The van der Waals surface area contributed by atoms with Crippen molar-refractivity contribution in [3.05, 3.63) is 29.1 Å². The Morgan fingerprint density at radius 1 is 1.61 bits per heavy atom. The number of nitrogens with zero attached hydrogens (tertiary/aromatic N) is 2. The van der Waals surface area contributed by atoms with Gasteiger partial charge in [-0.15, -0.1) is 0 Å². The third-order valence-electron chi connectivity index (χ3n) is 2.48. The molecule has 0 spiro atoms. The number of aromatic nitrogens is 1. The lowest BCUT2D eigenvalue weighted by atomic mass is 10.0. The van der Waals surface area contributed by atoms with Crippen LogP contribution in [-0.4, -0.2) is 34.4 Å². The maximum atomic E-state index is 11.3. The molecule has 0 aliphatic rings. The second kappa shape index (κ2) is 6.10. The highest BCUT2D eigenvalue weighted by Crippen LogP contribution is 2.20. The van der Waals surface area contributed by atoms with E-state index in [2.05, 4.69) is 9.72 Å². The summed E-state index contributed by atoms with van der Waals surface area (Å²) >= 11 is 0. The van der Waals surface area contributed by atoms with E-state index in [0.717, 1.165) is 0 Å². The number of aliphatic hydroxyl groups excluding tert-OH is 2. The van der Waals surface area contributed by atoms with Crippen LogP contribution < -0.4 is 0 Å². The molecule has 0 amide bonds. The van der Waals surface area contributed by atoms with Crippen molar-refractivity contribution < 1.29 is 19.7 Å². The summed E-state index contributed by atoms with van der Waals surface area (Å²) in [4.78, 5) is 15.2. The first kappa shape index (κ1) is 14.1. The van der Waals surface area contributed by atoms with Crippen LogP contribution in [0.15, 0.2) is 12.3 Å². The van der Waals surface area contributed by atoms with Gasteiger partial charge < -0.3 is 14.9 Å². The number of aliphatic hydroxyl groups is 2. The Hall–Kier alpha value is -1.97. The first-order chi connectivity index (χ1) is 8.51. The van der Waals surface area contributed by atoms with Gasteiger partial charge in [0.15, 0.2) is 5.69 Å². The van der Waals surface area contributed by atoms with Crippen molar-refractivity contribution in [2.75, 3.05) is 7.11 Å². The van der Waals surface area contributed by atoms with Crippen LogP contribution in [0.1, 0.15) is 34.1 Å². The van der Waals surface area contributed by atoms with Gasteiger partial charge in [-0.3, -0.25) is 0 Å². The largest absolute Gasteiger partial charge is 0.464 e. The monoisotopic (exact) mass is 250 g/mol. The van der Waals surface area contributed by atoms with Crippen molar-refractivity contribution in [1.29, 1.82) is 5.26 Å². The molecule has 0 bridgehead atoms. The van der Waals surface area contributed by atoms with Crippen LogP contribution in [0.25, 0.3) is 0 Å². The highest BCUT2D eigenvalue weighted by atomic mass is 16.5. The lowest BCUT2D eigenvalue weighted by Crippen LogP contribution is -2.18. The Labute approximate surface area is 104 Å². The molecule has 1 heterocycles. The van der Waals surface area contributed by atoms with Crippen molar-refractivity contribution in [2.24, 2.45) is 0 Å². The Morgan fingerprint density at radius 3 is 2.78 bits per heavy atom. The summed E-state index contributed by atoms with van der Waals surface area (Å²) in [5.74, 6) is -0.564. The maximum Gasteiger partial charge on any atom is 0.356 e. The second-order valence-electron chi connectivity index (χ2n) is 3.80. The molecule has 0 aliphatic carbocycles. The molecule has 18 heavy (non-hydrogen) atoms. The fourth-order valence-electron chi connectivity index (χ4n) is 1.50. The molecule has 0 aromatic carbocycles. The molecule has 2 atom stereocenters. The molecule has 1 rings (SSSR count). The van der Waals surface area contributed by atoms with Crippen molar-refractivity contribution in [3.8, 4) is 6.07 Å². The molecule has 0 fully saturated rings. The van der Waals surface area contributed by atoms with Gasteiger partial charge in [0.25, 0.3) is 0 Å². The van der Waals surface area contributed by atoms with Crippen LogP contribution >= 0.6 is 0 Å². The Morgan fingerprint density at radius 2 is 2.28 bits per heavy atom. The third-order valence-corrected chi connectivity index (χ3v) is 2.48. The van der Waals surface area contributed by atoms with Crippen LogP contribution in [0.5, 0.6) is 0 Å². The number of rotatable bonds is 4. The fourth-order valence-corrected chi connectivity index (χ4v) is 1.50. The zero-order valence-corrected chi connectivity index (χ0v) is 10.1. The first-order valence-electron chi connectivity index (χ1n) is 5.29. The van der Waals surface area contributed by atoms with E-state index >= 15 is 0 Å². The van der Waals surface area contributed by atoms with E-state index in [4.69, 9.17) is 5.26 Å². The highest BCUT2D eigenvalue weighted by Gasteiger charge is 2.20. The number of aryl methyl sites for hydroxylation is 1. The predicted octanol–water partition coefficient (Wildman–Crippen LogP) is 0.485. The molecule has 96 valence electrons. The number of nitriles is 1. The summed E-state index contributed by atoms with van der Waals surface area (Å²) in [7, 11) is 1.25. The van der Waals surface area contributed by atoms with Crippen molar-refractivity contribution in [2.45, 2.75) is 25.6 Å². The fraction of sp³-hybridized carbons (Fsp3) is 0.417. The molecule has 0 radical (unpaired) electrons. The Balaban J connectivity index is 2.97. The molecule has 2 unspecified atom stereocenters. The topological polar surface area (TPSA) is 103 Å². The SMILES string of the molecule is COC(=O)c1ncc(C(O)C(O)CC#N)cc1C. The van der Waals surface area contributed by atoms with Gasteiger partial charge in [0.2, 0.25) is 0 Å². The standard InChI is InChI=1S/C12H14N2O4/c1-7-5-8(11(16)9(15)3-4-13)6-14-10(7)12(17)18-2/h5-6,9,11,15-16H,3H2,1-2H3. The number of pyridine rings is 1. The van der Waals surface area contributed by atoms with Crippen molar-refractivity contribution in [1.82, 2.24) is 4.98 Å². The van der Waals surface area contributed by atoms with Gasteiger partial charge in [-0.2, -0.15) is 5.26 Å². The molecule has 0 saturated heterocycles. The summed E-state index contributed by atoms with van der Waals surface area (Å²) < 4.78 is 4.55. The van der Waals surface area contributed by atoms with E-state index in [9.17, 15) is 15.0 Å². The van der Waals surface area contributed by atoms with E-state index in [1.807, 2.05) is 0 Å². The van der Waals surface area contributed by atoms with Crippen LogP contribution in [0, 0.1) is 18.3 Å². The third kappa shape index (κ3) is 3.03. The summed E-state index contributed by atoms with van der Waals surface area (Å²) in [5.41, 5.74) is 1.04. The van der Waals surface area contributed by atoms with Crippen LogP contribution in [0.3, 0.4) is 0 Å². The molecular weight excluding hydrogens is 236 g/mol. The average molecular weight is 250 g/mol. The molecule has 0 saturated carbocycles. The minimum atomic E-state index is -1.21. The lowest BCUT2D eigenvalue weighted by molar-refractivity contribution is 0.0213. The van der Waals surface area contributed by atoms with E-state index in [1.165, 1.54) is 19.4 Å². The van der Waals surface area contributed by atoms with Gasteiger partial charge in [-0.05, 0) is 18.6 Å². The van der Waals surface area contributed by atoms with Gasteiger partial charge in [0, 0.05) is 11.8 Å². The highest BCUT2D eigenvalue weighted by molar-refractivity contribution is 5.88. The molecule has 1 aromatic rings. The summed E-state index contributed by atoms with van der Waals surface area (Å²) in [6.45, 7) is 1.64. The quantitative estimate of drug-likeness (QED) is 0.753. The maximum absolute atomic E-state index is 11.3. The van der Waals surface area contributed by atoms with Gasteiger partial charge in [0.1, 0.15) is 6.10 Å². The number of ether oxygens (including phenoxy) is 1. The Kier molecular flexibility index (Phi) is 4.77. The molecule has 6 nitrogen and oxygen atoms in total. The number of methoxy groups -OCH3 is 1. The van der Waals surface area contributed by atoms with E-state index in [1.54, 1.807) is 13.0 Å². The van der Waals surface area contributed by atoms with Crippen LogP contribution in [0.4, 0.5) is 0 Å². The molecule has 6 heteroatoms. The van der Waals surface area contributed by atoms with E-state index in [-0.39, 0.29) is 12.1 Å². The van der Waals surface area contributed by atoms with Gasteiger partial charge >= 0.3 is 5.97 Å². The number of esters is 1. The number of carbonyl (C=O) groups is 1. The first-order valence-corrected chi connectivity index (χ1v) is 5.29. The average Bonchev–Trinajstić information content (AvgIpc) is 2.37. The lowest BCUT2D eigenvalue weighted by Gasteiger charge is -2.16. The van der Waals surface area contributed by atoms with Crippen LogP contribution in [0.2, 0.25) is 0 Å². The van der Waals surface area contributed by atoms with Crippen LogP contribution in [-0.2, 0) is 4.74 Å². The number of hydrogen-bond donors (Lipinski definition) is 2. The summed E-state index contributed by atoms with van der Waals surface area (Å²) in [5, 5.41) is 27.7. The smallest absolute Gasteiger partial charge is 0.356 e. The normalized spacial score (nSPS) is 13.5. The van der Waals surface area contributed by atoms with E-state index < -0.39 is 18.2 Å². The van der Waals surface area contributed by atoms with Crippen molar-refractivity contribution >= 4 is 5.97 Å². The molecular formula is C12H14N2O4. The van der Waals surface area contributed by atoms with E-state index in [0.29, 0.717) is 11.1 Å². The van der Waals surface area contributed by atoms with Crippen molar-refractivity contribution in [3.63, 3.8) is 0 Å². The Bertz CT molecular complexity index is 481. The molecule has 0 aliphatic heterocycles. The predicted molar refractivity (Wildman–Crippen MR) is 61.5 cm³/mol. The molecule has 2 N–H and O–H groups in total. The molecule has 1 aromatic heterocycles. The minimum Gasteiger partial charge on any atom is -0.464 e. The zero-order valence-electron chi connectivity index (χ0n) is 10.1. The van der Waals surface area contributed by atoms with Gasteiger partial charge in [-0.1, -0.05) is 0 Å². The minimum absolute atomic E-state index is 0.156. The number of carbonyl (C=O) groups excluding carboxylic acids is 1. The number of hydrogen-bond acceptors (Lipinski definition) is 6. The summed E-state index contributed by atoms with van der Waals surface area (Å²) in [6, 6.07) is 3.30. The zero-order chi connectivity index (χ0) is 13.7.